The highest BCUT2D eigenvalue weighted by atomic mass is 16.4. The highest BCUT2D eigenvalue weighted by molar-refractivity contribution is 5.92. The number of carbonyl (C=O) groups is 2. The van der Waals surface area contributed by atoms with E-state index in [0.717, 1.165) is 4.68 Å². The molecule has 0 radical (unpaired) electrons. The van der Waals surface area contributed by atoms with Gasteiger partial charge in [-0.25, -0.2) is 4.68 Å². The van der Waals surface area contributed by atoms with Gasteiger partial charge >= 0.3 is 5.97 Å². The summed E-state index contributed by atoms with van der Waals surface area (Å²) in [6.07, 6.45) is 6.13. The van der Waals surface area contributed by atoms with E-state index in [1.54, 1.807) is 0 Å². The molecule has 0 bridgehead atoms. The van der Waals surface area contributed by atoms with Gasteiger partial charge in [-0.3, -0.25) is 9.59 Å². The molecule has 0 atom stereocenters. The molecule has 2 fully saturated rings. The van der Waals surface area contributed by atoms with Crippen LogP contribution in [-0.4, -0.2) is 38.0 Å². The van der Waals surface area contributed by atoms with Crippen molar-refractivity contribution in [1.82, 2.24) is 20.3 Å². The maximum Gasteiger partial charge on any atom is 0.325 e. The lowest BCUT2D eigenvalue weighted by molar-refractivity contribution is -0.137. The average Bonchev–Trinajstić information content (AvgIpc) is 3.25. The Morgan fingerprint density at radius 2 is 2.00 bits per heavy atom. The van der Waals surface area contributed by atoms with Crippen molar-refractivity contribution in [3.05, 3.63) is 11.9 Å². The summed E-state index contributed by atoms with van der Waals surface area (Å²) in [6.45, 7) is -0.283. The summed E-state index contributed by atoms with van der Waals surface area (Å²) < 4.78 is 1.15. The van der Waals surface area contributed by atoms with Crippen LogP contribution in [0.15, 0.2) is 6.20 Å². The topological polar surface area (TPSA) is 97.1 Å². The van der Waals surface area contributed by atoms with E-state index in [-0.39, 0.29) is 24.2 Å². The van der Waals surface area contributed by atoms with Gasteiger partial charge in [0.1, 0.15) is 6.54 Å². The van der Waals surface area contributed by atoms with Crippen molar-refractivity contribution in [2.45, 2.75) is 38.3 Å². The Labute approximate surface area is 110 Å². The van der Waals surface area contributed by atoms with Gasteiger partial charge in [-0.1, -0.05) is 5.21 Å². The first-order valence-electron chi connectivity index (χ1n) is 6.56. The molecule has 2 N–H and O–H groups in total. The maximum absolute atomic E-state index is 12.0. The van der Waals surface area contributed by atoms with Crippen molar-refractivity contribution >= 4 is 11.9 Å². The number of hydrogen-bond acceptors (Lipinski definition) is 4. The summed E-state index contributed by atoms with van der Waals surface area (Å²) in [5.74, 6) is -0.0258. The Balaban J connectivity index is 1.62. The van der Waals surface area contributed by atoms with Gasteiger partial charge in [0, 0.05) is 6.04 Å². The molecule has 1 aromatic heterocycles. The van der Waals surface area contributed by atoms with Crippen molar-refractivity contribution in [2.24, 2.45) is 11.8 Å². The Hall–Kier alpha value is -1.92. The molecule has 7 heteroatoms. The van der Waals surface area contributed by atoms with E-state index in [1.165, 1.54) is 31.9 Å². The van der Waals surface area contributed by atoms with Crippen LogP contribution < -0.4 is 5.32 Å². The minimum absolute atomic E-state index is 0.188. The van der Waals surface area contributed by atoms with Crippen LogP contribution >= 0.6 is 0 Å². The second-order valence-electron chi connectivity index (χ2n) is 5.37. The third-order valence-corrected chi connectivity index (χ3v) is 3.63. The second kappa shape index (κ2) is 4.64. The van der Waals surface area contributed by atoms with E-state index in [2.05, 4.69) is 15.6 Å². The summed E-state index contributed by atoms with van der Waals surface area (Å²) >= 11 is 0. The van der Waals surface area contributed by atoms with E-state index < -0.39 is 5.97 Å². The van der Waals surface area contributed by atoms with E-state index >= 15 is 0 Å². The quantitative estimate of drug-likeness (QED) is 0.769. The third kappa shape index (κ3) is 2.91. The van der Waals surface area contributed by atoms with E-state index in [0.29, 0.717) is 11.8 Å². The summed E-state index contributed by atoms with van der Waals surface area (Å²) in [7, 11) is 0. The fraction of sp³-hybridized carbons (Fsp3) is 0.667. The summed E-state index contributed by atoms with van der Waals surface area (Å²) in [5.41, 5.74) is 0.188. The lowest BCUT2D eigenvalue weighted by Gasteiger charge is -2.16. The van der Waals surface area contributed by atoms with Gasteiger partial charge in [-0.05, 0) is 37.5 Å². The van der Waals surface area contributed by atoms with Crippen LogP contribution in [0.3, 0.4) is 0 Å². The molecular formula is C12H16N4O3. The molecular weight excluding hydrogens is 248 g/mol. The largest absolute Gasteiger partial charge is 0.480 e. The third-order valence-electron chi connectivity index (χ3n) is 3.63. The van der Waals surface area contributed by atoms with Gasteiger partial charge in [-0.15, -0.1) is 5.10 Å². The van der Waals surface area contributed by atoms with Crippen molar-refractivity contribution in [3.63, 3.8) is 0 Å². The van der Waals surface area contributed by atoms with Gasteiger partial charge in [0.05, 0.1) is 6.20 Å². The molecule has 3 rings (SSSR count). The number of hydrogen-bond donors (Lipinski definition) is 2. The van der Waals surface area contributed by atoms with Crippen LogP contribution in [-0.2, 0) is 11.3 Å². The molecule has 1 heterocycles. The molecule has 0 aliphatic heterocycles. The molecule has 2 saturated carbocycles. The molecule has 7 nitrogen and oxygen atoms in total. The fourth-order valence-electron chi connectivity index (χ4n) is 2.37. The normalized spacial score (nSPS) is 18.6. The molecule has 2 aliphatic rings. The van der Waals surface area contributed by atoms with Crippen molar-refractivity contribution in [2.75, 3.05) is 0 Å². The first-order chi connectivity index (χ1) is 9.13. The van der Waals surface area contributed by atoms with Crippen LogP contribution in [0.2, 0.25) is 0 Å². The number of carboxylic acids is 1. The Kier molecular flexibility index (Phi) is 2.96. The summed E-state index contributed by atoms with van der Waals surface area (Å²) in [6, 6.07) is 0.261. The highest BCUT2D eigenvalue weighted by Crippen LogP contribution is 2.44. The lowest BCUT2D eigenvalue weighted by atomic mass is 10.1. The van der Waals surface area contributed by atoms with Crippen LogP contribution in [0.25, 0.3) is 0 Å². The molecule has 0 spiro atoms. The Morgan fingerprint density at radius 3 is 2.53 bits per heavy atom. The van der Waals surface area contributed by atoms with Gasteiger partial charge in [-0.2, -0.15) is 0 Å². The minimum atomic E-state index is -1.01. The van der Waals surface area contributed by atoms with Crippen molar-refractivity contribution in [1.29, 1.82) is 0 Å². The SMILES string of the molecule is O=C(O)Cn1cc(C(=O)NC(C2CC2)C2CC2)nn1. The summed E-state index contributed by atoms with van der Waals surface area (Å²) in [5, 5.41) is 19.0. The molecule has 102 valence electrons. The lowest BCUT2D eigenvalue weighted by Crippen LogP contribution is -2.38. The monoisotopic (exact) mass is 264 g/mol. The number of carbonyl (C=O) groups excluding carboxylic acids is 1. The van der Waals surface area contributed by atoms with Crippen LogP contribution in [0.5, 0.6) is 0 Å². The standard InChI is InChI=1S/C12H16N4O3/c17-10(18)6-16-5-9(14-15-16)12(19)13-11(7-1-2-7)8-3-4-8/h5,7-8,11H,1-4,6H2,(H,13,19)(H,17,18). The second-order valence-corrected chi connectivity index (χ2v) is 5.37. The van der Waals surface area contributed by atoms with Crippen LogP contribution in [0, 0.1) is 11.8 Å². The highest BCUT2D eigenvalue weighted by Gasteiger charge is 2.42. The zero-order valence-electron chi connectivity index (χ0n) is 10.5. The Morgan fingerprint density at radius 1 is 1.37 bits per heavy atom. The van der Waals surface area contributed by atoms with E-state index in [9.17, 15) is 9.59 Å². The van der Waals surface area contributed by atoms with E-state index in [1.807, 2.05) is 0 Å². The summed E-state index contributed by atoms with van der Waals surface area (Å²) in [4.78, 5) is 22.6. The predicted octanol–water partition coefficient (Wildman–Crippen LogP) is 0.281. The minimum Gasteiger partial charge on any atom is -0.480 e. The molecule has 2 aliphatic carbocycles. The molecule has 0 aromatic carbocycles. The smallest absolute Gasteiger partial charge is 0.325 e. The molecule has 1 aromatic rings. The van der Waals surface area contributed by atoms with Gasteiger partial charge in [0.25, 0.3) is 5.91 Å². The number of aliphatic carboxylic acids is 1. The zero-order chi connectivity index (χ0) is 13.4. The first-order valence-corrected chi connectivity index (χ1v) is 6.56. The predicted molar refractivity (Wildman–Crippen MR) is 64.4 cm³/mol. The molecule has 19 heavy (non-hydrogen) atoms. The number of nitrogens with one attached hydrogen (secondary N) is 1. The number of nitrogens with zero attached hydrogens (tertiary/aromatic N) is 3. The van der Waals surface area contributed by atoms with E-state index in [4.69, 9.17) is 5.11 Å². The molecule has 0 unspecified atom stereocenters. The number of aromatic nitrogens is 3. The Bertz CT molecular complexity index is 493. The van der Waals surface area contributed by atoms with Gasteiger partial charge < -0.3 is 10.4 Å². The molecule has 0 saturated heterocycles. The number of rotatable bonds is 6. The zero-order valence-corrected chi connectivity index (χ0v) is 10.5. The van der Waals surface area contributed by atoms with Crippen molar-refractivity contribution < 1.29 is 14.7 Å². The number of amides is 1. The van der Waals surface area contributed by atoms with Crippen LogP contribution in [0.1, 0.15) is 36.2 Å². The number of carboxylic acid groups (broad SMARTS) is 1. The van der Waals surface area contributed by atoms with Gasteiger partial charge in [0.2, 0.25) is 0 Å². The van der Waals surface area contributed by atoms with Gasteiger partial charge in [0.15, 0.2) is 5.69 Å². The van der Waals surface area contributed by atoms with Crippen molar-refractivity contribution in [3.8, 4) is 0 Å². The first kappa shape index (κ1) is 12.1. The average molecular weight is 264 g/mol. The maximum atomic E-state index is 12.0. The molecule has 1 amide bonds. The van der Waals surface area contributed by atoms with Crippen LogP contribution in [0.4, 0.5) is 0 Å². The fourth-order valence-corrected chi connectivity index (χ4v) is 2.37.